The van der Waals surface area contributed by atoms with E-state index in [-0.39, 0.29) is 8.46 Å². The summed E-state index contributed by atoms with van der Waals surface area (Å²) in [5, 5.41) is 0.826. The maximum absolute atomic E-state index is 10.1. The van der Waals surface area contributed by atoms with Gasteiger partial charge in [0.15, 0.2) is 8.46 Å². The smallest absolute Gasteiger partial charge is 0.192 e. The summed E-state index contributed by atoms with van der Waals surface area (Å²) in [4.78, 5) is 0. The van der Waals surface area contributed by atoms with Gasteiger partial charge in [-0.15, -0.1) is 0 Å². The Bertz CT molecular complexity index is 398. The Balaban J connectivity index is 0.000000160. The summed E-state index contributed by atoms with van der Waals surface area (Å²) < 4.78 is 10.1. The monoisotopic (exact) mass is 230 g/mol. The molecule has 0 aliphatic heterocycles. The highest BCUT2D eigenvalue weighted by atomic mass is 31.1. The van der Waals surface area contributed by atoms with Crippen LogP contribution in [0.4, 0.5) is 0 Å². The molecule has 0 fully saturated rings. The van der Waals surface area contributed by atoms with Crippen LogP contribution in [-0.2, 0) is 11.0 Å². The van der Waals surface area contributed by atoms with Crippen LogP contribution in [0.15, 0.2) is 60.7 Å². The first-order valence-corrected chi connectivity index (χ1v) is 6.10. The van der Waals surface area contributed by atoms with Crippen LogP contribution in [0.1, 0.15) is 12.5 Å². The fraction of sp³-hybridized carbons (Fsp3) is 0.143. The van der Waals surface area contributed by atoms with E-state index >= 15 is 0 Å². The van der Waals surface area contributed by atoms with E-state index in [1.54, 1.807) is 0 Å². The summed E-state index contributed by atoms with van der Waals surface area (Å²) in [6.45, 7) is 2.16. The van der Waals surface area contributed by atoms with Gasteiger partial charge in [0.05, 0.1) is 0 Å². The van der Waals surface area contributed by atoms with E-state index in [2.05, 4.69) is 31.2 Å². The zero-order valence-electron chi connectivity index (χ0n) is 9.34. The SMILES string of the molecule is CCc1ccccc1.O=Pc1ccccc1. The molecule has 0 N–H and O–H groups in total. The summed E-state index contributed by atoms with van der Waals surface area (Å²) in [6, 6.07) is 19.7. The summed E-state index contributed by atoms with van der Waals surface area (Å²) >= 11 is 0. The molecule has 82 valence electrons. The van der Waals surface area contributed by atoms with Crippen LogP contribution in [0, 0.1) is 0 Å². The van der Waals surface area contributed by atoms with E-state index in [1.165, 1.54) is 5.56 Å². The number of aryl methyl sites for hydroxylation is 1. The third-order valence-electron chi connectivity index (χ3n) is 2.11. The third-order valence-corrected chi connectivity index (χ3v) is 2.62. The molecule has 0 heterocycles. The van der Waals surface area contributed by atoms with Gasteiger partial charge in [0.1, 0.15) is 0 Å². The van der Waals surface area contributed by atoms with Gasteiger partial charge in [-0.3, -0.25) is 4.57 Å². The molecular weight excluding hydrogens is 215 g/mol. The van der Waals surface area contributed by atoms with Crippen LogP contribution in [0.25, 0.3) is 0 Å². The van der Waals surface area contributed by atoms with Crippen LogP contribution >= 0.6 is 8.46 Å². The maximum atomic E-state index is 10.1. The van der Waals surface area contributed by atoms with Crippen molar-refractivity contribution < 1.29 is 4.57 Å². The zero-order valence-corrected chi connectivity index (χ0v) is 10.2. The van der Waals surface area contributed by atoms with Crippen molar-refractivity contribution in [2.75, 3.05) is 0 Å². The summed E-state index contributed by atoms with van der Waals surface area (Å²) in [6.07, 6.45) is 1.14. The average Bonchev–Trinajstić information content (AvgIpc) is 2.41. The predicted octanol–water partition coefficient (Wildman–Crippen LogP) is 3.85. The van der Waals surface area contributed by atoms with Crippen LogP contribution in [0.3, 0.4) is 0 Å². The van der Waals surface area contributed by atoms with Gasteiger partial charge in [0, 0.05) is 5.30 Å². The minimum atomic E-state index is 0.0994. The van der Waals surface area contributed by atoms with E-state index in [1.807, 2.05) is 36.4 Å². The second-order valence-corrected chi connectivity index (χ2v) is 3.96. The molecule has 16 heavy (non-hydrogen) atoms. The molecule has 0 saturated heterocycles. The molecule has 2 aromatic rings. The Hall–Kier alpha value is -1.46. The molecule has 2 aromatic carbocycles. The van der Waals surface area contributed by atoms with Gasteiger partial charge in [0.2, 0.25) is 0 Å². The van der Waals surface area contributed by atoms with Gasteiger partial charge in [-0.25, -0.2) is 0 Å². The van der Waals surface area contributed by atoms with E-state index in [0.29, 0.717) is 0 Å². The van der Waals surface area contributed by atoms with E-state index in [4.69, 9.17) is 0 Å². The molecular formula is C14H15OP. The Kier molecular flexibility index (Phi) is 6.13. The van der Waals surface area contributed by atoms with Gasteiger partial charge in [-0.2, -0.15) is 0 Å². The molecule has 0 bridgehead atoms. The number of benzene rings is 2. The van der Waals surface area contributed by atoms with Crippen molar-refractivity contribution >= 4 is 13.8 Å². The standard InChI is InChI=1S/C8H10.C6H5OP/c1-2-8-6-4-3-5-7-8;7-8-6-4-2-1-3-5-6/h3-7H,2H2,1H3;1-5H. The van der Waals surface area contributed by atoms with Gasteiger partial charge < -0.3 is 0 Å². The Labute approximate surface area is 98.3 Å². The highest BCUT2D eigenvalue weighted by Crippen LogP contribution is 1.96. The lowest BCUT2D eigenvalue weighted by molar-refractivity contribution is 0.603. The highest BCUT2D eigenvalue weighted by molar-refractivity contribution is 7.34. The van der Waals surface area contributed by atoms with Crippen LogP contribution in [-0.4, -0.2) is 0 Å². The van der Waals surface area contributed by atoms with Crippen molar-refractivity contribution in [1.29, 1.82) is 0 Å². The van der Waals surface area contributed by atoms with Crippen molar-refractivity contribution in [1.82, 2.24) is 0 Å². The first-order chi connectivity index (χ1) is 7.86. The van der Waals surface area contributed by atoms with Crippen LogP contribution in [0.2, 0.25) is 0 Å². The zero-order chi connectivity index (χ0) is 11.6. The molecule has 2 rings (SSSR count). The van der Waals surface area contributed by atoms with Gasteiger partial charge in [-0.05, 0) is 24.1 Å². The Morgan fingerprint density at radius 1 is 0.875 bits per heavy atom. The molecule has 0 unspecified atom stereocenters. The molecule has 0 aliphatic rings. The van der Waals surface area contributed by atoms with Gasteiger partial charge in [0.25, 0.3) is 0 Å². The first kappa shape index (κ1) is 12.6. The number of hydrogen-bond donors (Lipinski definition) is 0. The van der Waals surface area contributed by atoms with E-state index in [0.717, 1.165) is 11.7 Å². The third kappa shape index (κ3) is 4.86. The van der Waals surface area contributed by atoms with Gasteiger partial charge >= 0.3 is 0 Å². The molecule has 0 saturated carbocycles. The van der Waals surface area contributed by atoms with Crippen LogP contribution in [0.5, 0.6) is 0 Å². The normalized spacial score (nSPS) is 9.31. The number of hydrogen-bond acceptors (Lipinski definition) is 1. The fourth-order valence-corrected chi connectivity index (χ4v) is 1.50. The summed E-state index contributed by atoms with van der Waals surface area (Å²) in [5.41, 5.74) is 1.41. The molecule has 2 heteroatoms. The second kappa shape index (κ2) is 7.78. The van der Waals surface area contributed by atoms with Crippen molar-refractivity contribution in [3.63, 3.8) is 0 Å². The summed E-state index contributed by atoms with van der Waals surface area (Å²) in [7, 11) is 0.0994. The Morgan fingerprint density at radius 3 is 1.69 bits per heavy atom. The Morgan fingerprint density at radius 2 is 1.38 bits per heavy atom. The molecule has 0 aromatic heterocycles. The molecule has 0 radical (unpaired) electrons. The quantitative estimate of drug-likeness (QED) is 0.716. The minimum Gasteiger partial charge on any atom is -0.269 e. The molecule has 0 atom stereocenters. The lowest BCUT2D eigenvalue weighted by Gasteiger charge is -1.89. The van der Waals surface area contributed by atoms with E-state index < -0.39 is 0 Å². The fourth-order valence-electron chi connectivity index (χ4n) is 1.20. The van der Waals surface area contributed by atoms with Gasteiger partial charge in [-0.1, -0.05) is 55.5 Å². The molecule has 0 amide bonds. The van der Waals surface area contributed by atoms with Crippen molar-refractivity contribution in [3.8, 4) is 0 Å². The van der Waals surface area contributed by atoms with E-state index in [9.17, 15) is 4.57 Å². The van der Waals surface area contributed by atoms with Crippen molar-refractivity contribution in [2.24, 2.45) is 0 Å². The first-order valence-electron chi connectivity index (χ1n) is 5.29. The minimum absolute atomic E-state index is 0.0994. The topological polar surface area (TPSA) is 17.1 Å². The maximum Gasteiger partial charge on any atom is 0.192 e. The molecule has 0 spiro atoms. The second-order valence-electron chi connectivity index (χ2n) is 3.27. The van der Waals surface area contributed by atoms with Crippen LogP contribution < -0.4 is 5.30 Å². The predicted molar refractivity (Wildman–Crippen MR) is 69.5 cm³/mol. The lowest BCUT2D eigenvalue weighted by Crippen LogP contribution is -1.84. The molecule has 1 nitrogen and oxygen atoms in total. The van der Waals surface area contributed by atoms with Crippen molar-refractivity contribution in [3.05, 3.63) is 66.2 Å². The largest absolute Gasteiger partial charge is 0.269 e. The lowest BCUT2D eigenvalue weighted by atomic mass is 10.2. The average molecular weight is 230 g/mol. The molecule has 0 aliphatic carbocycles. The summed E-state index contributed by atoms with van der Waals surface area (Å²) in [5.74, 6) is 0. The highest BCUT2D eigenvalue weighted by Gasteiger charge is 1.82. The number of rotatable bonds is 2. The van der Waals surface area contributed by atoms with Crippen molar-refractivity contribution in [2.45, 2.75) is 13.3 Å².